The largest absolute Gasteiger partial charge is 0.494 e. The molecule has 2 aromatic carbocycles. The number of benzene rings is 2. The molecule has 1 heterocycles. The molecule has 7 heteroatoms. The van der Waals surface area contributed by atoms with Crippen molar-refractivity contribution in [2.75, 3.05) is 12.9 Å². The molecule has 1 aromatic heterocycles. The summed E-state index contributed by atoms with van der Waals surface area (Å²) in [6.07, 6.45) is 3.85. The number of ether oxygens (including phenoxy) is 1. The first-order valence-electron chi connectivity index (χ1n) is 9.62. The fourth-order valence-electron chi connectivity index (χ4n) is 2.86. The Bertz CT molecular complexity index is 1150. The first-order valence-corrected chi connectivity index (χ1v) is 11.5. The smallest absolute Gasteiger partial charge is 0.247 e. The van der Waals surface area contributed by atoms with Crippen LogP contribution in [-0.2, 0) is 21.2 Å². The summed E-state index contributed by atoms with van der Waals surface area (Å²) < 4.78 is 30.5. The molecule has 3 rings (SSSR count). The Labute approximate surface area is 176 Å². The van der Waals surface area contributed by atoms with Gasteiger partial charge in [-0.15, -0.1) is 0 Å². The van der Waals surface area contributed by atoms with Crippen molar-refractivity contribution in [1.29, 1.82) is 0 Å². The minimum Gasteiger partial charge on any atom is -0.494 e. The summed E-state index contributed by atoms with van der Waals surface area (Å²) in [5, 5.41) is 0. The van der Waals surface area contributed by atoms with Gasteiger partial charge in [0.2, 0.25) is 5.91 Å². The highest BCUT2D eigenvalue weighted by molar-refractivity contribution is 7.90. The minimum atomic E-state index is -3.22. The Kier molecular flexibility index (Phi) is 7.19. The molecular formula is C23H24N2O4S. The lowest BCUT2D eigenvalue weighted by atomic mass is 10.2. The zero-order chi connectivity index (χ0) is 21.4. The fraction of sp³-hybridized carbons (Fsp3) is 0.217. The van der Waals surface area contributed by atoms with E-state index in [0.717, 1.165) is 11.8 Å². The van der Waals surface area contributed by atoms with Crippen molar-refractivity contribution in [1.82, 2.24) is 4.57 Å². The number of pyridine rings is 1. The molecule has 156 valence electrons. The monoisotopic (exact) mass is 424 g/mol. The number of nitrogens with zero attached hydrogens (tertiary/aromatic N) is 2. The Morgan fingerprint density at radius 2 is 1.67 bits per heavy atom. The number of hydrogen-bond donors (Lipinski definition) is 0. The highest BCUT2D eigenvalue weighted by Gasteiger charge is 2.07. The zero-order valence-electron chi connectivity index (χ0n) is 16.8. The molecule has 0 spiro atoms. The van der Waals surface area contributed by atoms with E-state index in [9.17, 15) is 13.2 Å². The van der Waals surface area contributed by atoms with Gasteiger partial charge < -0.3 is 9.30 Å². The molecule has 0 aliphatic heterocycles. The molecule has 0 atom stereocenters. The highest BCUT2D eigenvalue weighted by atomic mass is 32.2. The molecule has 0 saturated heterocycles. The van der Waals surface area contributed by atoms with Crippen LogP contribution in [0.5, 0.6) is 5.75 Å². The van der Waals surface area contributed by atoms with Crippen LogP contribution >= 0.6 is 0 Å². The number of sulfone groups is 1. The molecular weight excluding hydrogens is 400 g/mol. The van der Waals surface area contributed by atoms with E-state index in [1.165, 1.54) is 12.1 Å². The van der Waals surface area contributed by atoms with E-state index in [0.29, 0.717) is 30.8 Å². The molecule has 1 amide bonds. The van der Waals surface area contributed by atoms with E-state index in [-0.39, 0.29) is 17.2 Å². The van der Waals surface area contributed by atoms with Crippen molar-refractivity contribution in [3.8, 4) is 5.75 Å². The van der Waals surface area contributed by atoms with Crippen molar-refractivity contribution in [3.05, 3.63) is 90.0 Å². The lowest BCUT2D eigenvalue weighted by molar-refractivity contribution is -0.118. The Morgan fingerprint density at radius 3 is 2.37 bits per heavy atom. The van der Waals surface area contributed by atoms with Crippen LogP contribution in [-0.4, -0.2) is 31.8 Å². The number of amides is 1. The van der Waals surface area contributed by atoms with Gasteiger partial charge in [0.15, 0.2) is 9.84 Å². The highest BCUT2D eigenvalue weighted by Crippen LogP contribution is 2.16. The molecule has 0 saturated carbocycles. The van der Waals surface area contributed by atoms with E-state index in [4.69, 9.17) is 4.74 Å². The topological polar surface area (TPSA) is 77.7 Å². The summed E-state index contributed by atoms with van der Waals surface area (Å²) in [5.74, 6) is 0.356. The molecule has 6 nitrogen and oxygen atoms in total. The SMILES string of the molecule is CS(=O)(=O)c1ccc(OCCCC(=O)N=c2ccccn2Cc2ccccc2)cc1. The average Bonchev–Trinajstić information content (AvgIpc) is 2.73. The van der Waals surface area contributed by atoms with Crippen molar-refractivity contribution < 1.29 is 17.9 Å². The van der Waals surface area contributed by atoms with E-state index < -0.39 is 9.84 Å². The standard InChI is InChI=1S/C23H24N2O4S/c1-30(27,28)21-14-12-20(13-15-21)29-17-7-11-23(26)24-22-10-5-6-16-25(22)18-19-8-3-2-4-9-19/h2-6,8-10,12-16H,7,11,17-18H2,1H3. The first kappa shape index (κ1) is 21.5. The van der Waals surface area contributed by atoms with Crippen LogP contribution in [0.15, 0.2) is 88.9 Å². The van der Waals surface area contributed by atoms with Gasteiger partial charge in [0.25, 0.3) is 0 Å². The van der Waals surface area contributed by atoms with E-state index >= 15 is 0 Å². The molecule has 0 bridgehead atoms. The predicted octanol–water partition coefficient (Wildman–Crippen LogP) is 3.23. The van der Waals surface area contributed by atoms with Crippen molar-refractivity contribution in [2.45, 2.75) is 24.3 Å². The van der Waals surface area contributed by atoms with Crippen LogP contribution < -0.4 is 10.2 Å². The average molecular weight is 425 g/mol. The summed E-state index contributed by atoms with van der Waals surface area (Å²) in [4.78, 5) is 16.8. The van der Waals surface area contributed by atoms with Crippen LogP contribution in [0.3, 0.4) is 0 Å². The molecule has 0 N–H and O–H groups in total. The van der Waals surface area contributed by atoms with Crippen molar-refractivity contribution in [2.24, 2.45) is 4.99 Å². The predicted molar refractivity (Wildman–Crippen MR) is 115 cm³/mol. The van der Waals surface area contributed by atoms with Crippen LogP contribution in [0.25, 0.3) is 0 Å². The third-order valence-electron chi connectivity index (χ3n) is 4.41. The second kappa shape index (κ2) is 10.0. The maximum Gasteiger partial charge on any atom is 0.247 e. The maximum absolute atomic E-state index is 12.3. The number of rotatable bonds is 8. The number of carbonyl (C=O) groups excluding carboxylic acids is 1. The third kappa shape index (κ3) is 6.42. The molecule has 3 aromatic rings. The Morgan fingerprint density at radius 1 is 0.967 bits per heavy atom. The summed E-state index contributed by atoms with van der Waals surface area (Å²) in [7, 11) is -3.22. The zero-order valence-corrected chi connectivity index (χ0v) is 17.6. The molecule has 30 heavy (non-hydrogen) atoms. The lowest BCUT2D eigenvalue weighted by Crippen LogP contribution is -2.22. The van der Waals surface area contributed by atoms with Gasteiger partial charge in [-0.3, -0.25) is 4.79 Å². The molecule has 0 fully saturated rings. The van der Waals surface area contributed by atoms with Gasteiger partial charge in [-0.05, 0) is 48.4 Å². The summed E-state index contributed by atoms with van der Waals surface area (Å²) in [5.41, 5.74) is 1.75. The van der Waals surface area contributed by atoms with E-state index in [1.807, 2.05) is 59.3 Å². The Balaban J connectivity index is 1.54. The van der Waals surface area contributed by atoms with Gasteiger partial charge >= 0.3 is 0 Å². The maximum atomic E-state index is 12.3. The third-order valence-corrected chi connectivity index (χ3v) is 5.54. The Hall–Kier alpha value is -3.19. The second-order valence-electron chi connectivity index (χ2n) is 6.87. The summed E-state index contributed by atoms with van der Waals surface area (Å²) in [6, 6.07) is 21.8. The molecule has 0 unspecified atom stereocenters. The van der Waals surface area contributed by atoms with Gasteiger partial charge in [0.1, 0.15) is 11.2 Å². The van der Waals surface area contributed by atoms with E-state index in [1.54, 1.807) is 12.1 Å². The van der Waals surface area contributed by atoms with Gasteiger partial charge in [0.05, 0.1) is 11.5 Å². The van der Waals surface area contributed by atoms with Gasteiger partial charge in [0, 0.05) is 25.4 Å². The van der Waals surface area contributed by atoms with Gasteiger partial charge in [-0.25, -0.2) is 8.42 Å². The van der Waals surface area contributed by atoms with Crippen molar-refractivity contribution >= 4 is 15.7 Å². The first-order chi connectivity index (χ1) is 14.4. The summed E-state index contributed by atoms with van der Waals surface area (Å²) in [6.45, 7) is 0.985. The van der Waals surface area contributed by atoms with Crippen molar-refractivity contribution in [3.63, 3.8) is 0 Å². The lowest BCUT2D eigenvalue weighted by Gasteiger charge is -2.08. The van der Waals surface area contributed by atoms with E-state index in [2.05, 4.69) is 4.99 Å². The molecule has 0 aliphatic carbocycles. The van der Waals surface area contributed by atoms with Gasteiger partial charge in [-0.2, -0.15) is 4.99 Å². The fourth-order valence-corrected chi connectivity index (χ4v) is 3.49. The minimum absolute atomic E-state index is 0.209. The number of hydrogen-bond acceptors (Lipinski definition) is 4. The quantitative estimate of drug-likeness (QED) is 0.520. The molecule has 0 aliphatic rings. The van der Waals surface area contributed by atoms with Crippen LogP contribution in [0.2, 0.25) is 0 Å². The number of aromatic nitrogens is 1. The molecule has 0 radical (unpaired) electrons. The summed E-state index contributed by atoms with van der Waals surface area (Å²) >= 11 is 0. The van der Waals surface area contributed by atoms with Crippen LogP contribution in [0.1, 0.15) is 18.4 Å². The van der Waals surface area contributed by atoms with Gasteiger partial charge in [-0.1, -0.05) is 36.4 Å². The number of carbonyl (C=O) groups is 1. The normalized spacial score (nSPS) is 12.0. The van der Waals surface area contributed by atoms with Crippen LogP contribution in [0, 0.1) is 0 Å². The van der Waals surface area contributed by atoms with Crippen LogP contribution in [0.4, 0.5) is 0 Å². The second-order valence-corrected chi connectivity index (χ2v) is 8.89.